The molecule has 4 rings (SSSR count). The number of hydrogen-bond donors (Lipinski definition) is 1. The number of piperazine rings is 1. The molecule has 6 heteroatoms. The Hall–Kier alpha value is -2.96. The largest absolute Gasteiger partial charge is 0.366 e. The Morgan fingerprint density at radius 1 is 0.964 bits per heavy atom. The molecular weight excluding hydrogens is 352 g/mol. The molecule has 2 aromatic carbocycles. The Morgan fingerprint density at radius 2 is 1.54 bits per heavy atom. The summed E-state index contributed by atoms with van der Waals surface area (Å²) in [6.45, 7) is 3.08. The van der Waals surface area contributed by atoms with Gasteiger partial charge in [0.15, 0.2) is 5.41 Å². The van der Waals surface area contributed by atoms with Gasteiger partial charge in [0.05, 0.1) is 0 Å². The first-order valence-electron chi connectivity index (χ1n) is 9.48. The highest BCUT2D eigenvalue weighted by atomic mass is 16.7. The number of carbonyl (C=O) groups excluding carboxylic acids is 1. The quantitative estimate of drug-likeness (QED) is 0.741. The van der Waals surface area contributed by atoms with Gasteiger partial charge < -0.3 is 14.7 Å². The highest BCUT2D eigenvalue weighted by Crippen LogP contribution is 2.39. The number of nitrogens with zero attached hydrogens (tertiary/aromatic N) is 3. The summed E-state index contributed by atoms with van der Waals surface area (Å²) in [5.41, 5.74) is 0.459. The summed E-state index contributed by atoms with van der Waals surface area (Å²) in [6.07, 6.45) is 3.40. The molecule has 0 aliphatic carbocycles. The van der Waals surface area contributed by atoms with Gasteiger partial charge in [-0.2, -0.15) is 0 Å². The van der Waals surface area contributed by atoms with E-state index in [0.29, 0.717) is 18.9 Å². The van der Waals surface area contributed by atoms with Crippen LogP contribution in [0.4, 0.5) is 0 Å². The van der Waals surface area contributed by atoms with Crippen molar-refractivity contribution in [2.45, 2.75) is 5.41 Å². The fourth-order valence-corrected chi connectivity index (χ4v) is 3.68. The number of H-pyrrole nitrogens is 1. The second-order valence-corrected chi connectivity index (χ2v) is 7.03. The number of imidazole rings is 1. The Morgan fingerprint density at radius 3 is 2.04 bits per heavy atom. The van der Waals surface area contributed by atoms with E-state index < -0.39 is 5.41 Å². The number of aromatic nitrogens is 2. The van der Waals surface area contributed by atoms with Gasteiger partial charge in [-0.25, -0.2) is 9.78 Å². The van der Waals surface area contributed by atoms with Gasteiger partial charge in [0.25, 0.3) is 0 Å². The average Bonchev–Trinajstić information content (AvgIpc) is 3.27. The van der Waals surface area contributed by atoms with Crippen LogP contribution in [0.1, 0.15) is 17.0 Å². The first-order chi connectivity index (χ1) is 13.7. The van der Waals surface area contributed by atoms with Crippen molar-refractivity contribution in [3.63, 3.8) is 0 Å². The maximum absolute atomic E-state index is 13.8. The molecule has 0 atom stereocenters. The van der Waals surface area contributed by atoms with E-state index in [1.165, 1.54) is 0 Å². The van der Waals surface area contributed by atoms with E-state index in [1.54, 1.807) is 17.5 Å². The zero-order valence-electron chi connectivity index (χ0n) is 15.9. The van der Waals surface area contributed by atoms with Gasteiger partial charge in [-0.3, -0.25) is 0 Å². The van der Waals surface area contributed by atoms with Gasteiger partial charge in [0.2, 0.25) is 0 Å². The molecule has 3 aromatic rings. The molecule has 1 aromatic heterocycles. The number of aromatic amines is 1. The predicted octanol–water partition coefficient (Wildman–Crippen LogP) is 2.45. The third-order valence-electron chi connectivity index (χ3n) is 5.25. The van der Waals surface area contributed by atoms with Crippen molar-refractivity contribution in [1.29, 1.82) is 0 Å². The van der Waals surface area contributed by atoms with Crippen molar-refractivity contribution in [1.82, 2.24) is 19.9 Å². The molecule has 0 unspecified atom stereocenters. The number of hydrogen-bond acceptors (Lipinski definition) is 5. The minimum absolute atomic E-state index is 0.357. The number of hydroxylamine groups is 2. The maximum Gasteiger partial charge on any atom is 0.347 e. The second kappa shape index (κ2) is 7.96. The van der Waals surface area contributed by atoms with E-state index in [9.17, 15) is 4.79 Å². The summed E-state index contributed by atoms with van der Waals surface area (Å²) in [4.78, 5) is 29.6. The Kier molecular flexibility index (Phi) is 5.23. The van der Waals surface area contributed by atoms with Crippen LogP contribution in [-0.2, 0) is 15.0 Å². The second-order valence-electron chi connectivity index (χ2n) is 7.03. The van der Waals surface area contributed by atoms with Crippen molar-refractivity contribution in [3.8, 4) is 0 Å². The SMILES string of the molecule is CN1CCN(OC(=O)C(c2ccccc2)(c2ccccc2)c2ncc[nH]2)CC1. The lowest BCUT2D eigenvalue weighted by atomic mass is 9.73. The van der Waals surface area contributed by atoms with E-state index in [4.69, 9.17) is 4.84 Å². The fourth-order valence-electron chi connectivity index (χ4n) is 3.68. The zero-order chi connectivity index (χ0) is 19.4. The lowest BCUT2D eigenvalue weighted by molar-refractivity contribution is -0.201. The third kappa shape index (κ3) is 3.32. The highest BCUT2D eigenvalue weighted by Gasteiger charge is 2.48. The molecule has 144 valence electrons. The van der Waals surface area contributed by atoms with Crippen LogP contribution in [0.15, 0.2) is 73.1 Å². The molecule has 1 aliphatic rings. The number of benzene rings is 2. The van der Waals surface area contributed by atoms with E-state index >= 15 is 0 Å². The summed E-state index contributed by atoms with van der Waals surface area (Å²) in [7, 11) is 2.07. The molecule has 0 radical (unpaired) electrons. The van der Waals surface area contributed by atoms with E-state index in [2.05, 4.69) is 21.9 Å². The van der Waals surface area contributed by atoms with Crippen molar-refractivity contribution >= 4 is 5.97 Å². The van der Waals surface area contributed by atoms with E-state index in [1.807, 2.05) is 60.7 Å². The molecular formula is C22H24N4O2. The fraction of sp³-hybridized carbons (Fsp3) is 0.273. The van der Waals surface area contributed by atoms with Gasteiger partial charge in [0.1, 0.15) is 5.82 Å². The minimum atomic E-state index is -1.17. The molecule has 1 N–H and O–H groups in total. The van der Waals surface area contributed by atoms with Crippen LogP contribution in [0.3, 0.4) is 0 Å². The number of carbonyl (C=O) groups is 1. The molecule has 0 saturated carbocycles. The smallest absolute Gasteiger partial charge is 0.347 e. The highest BCUT2D eigenvalue weighted by molar-refractivity contribution is 5.91. The summed E-state index contributed by atoms with van der Waals surface area (Å²) in [5.74, 6) is 0.188. The Bertz CT molecular complexity index is 849. The van der Waals surface area contributed by atoms with Crippen LogP contribution in [0.2, 0.25) is 0 Å². The van der Waals surface area contributed by atoms with E-state index in [-0.39, 0.29) is 5.97 Å². The molecule has 1 aliphatic heterocycles. The summed E-state index contributed by atoms with van der Waals surface area (Å²) in [6, 6.07) is 19.4. The lowest BCUT2D eigenvalue weighted by Crippen LogP contribution is -2.49. The van der Waals surface area contributed by atoms with Gasteiger partial charge >= 0.3 is 5.97 Å². The normalized spacial score (nSPS) is 16.0. The molecule has 2 heterocycles. The zero-order valence-corrected chi connectivity index (χ0v) is 15.9. The van der Waals surface area contributed by atoms with Crippen LogP contribution in [0.25, 0.3) is 0 Å². The van der Waals surface area contributed by atoms with Crippen LogP contribution < -0.4 is 0 Å². The Balaban J connectivity index is 1.82. The van der Waals surface area contributed by atoms with Crippen LogP contribution >= 0.6 is 0 Å². The van der Waals surface area contributed by atoms with E-state index in [0.717, 1.165) is 24.2 Å². The monoisotopic (exact) mass is 376 g/mol. The molecule has 28 heavy (non-hydrogen) atoms. The van der Waals surface area contributed by atoms with Crippen LogP contribution in [-0.4, -0.2) is 59.1 Å². The molecule has 1 fully saturated rings. The minimum Gasteiger partial charge on any atom is -0.366 e. The Labute approximate surface area is 164 Å². The first kappa shape index (κ1) is 18.4. The molecule has 0 bridgehead atoms. The number of nitrogens with one attached hydrogen (secondary N) is 1. The van der Waals surface area contributed by atoms with Gasteiger partial charge in [-0.15, -0.1) is 5.06 Å². The molecule has 6 nitrogen and oxygen atoms in total. The first-order valence-corrected chi connectivity index (χ1v) is 9.48. The van der Waals surface area contributed by atoms with Gasteiger partial charge in [-0.1, -0.05) is 60.7 Å². The predicted molar refractivity (Wildman–Crippen MR) is 107 cm³/mol. The summed E-state index contributed by atoms with van der Waals surface area (Å²) >= 11 is 0. The standard InChI is InChI=1S/C22H24N4O2/c1-25-14-16-26(17-15-25)28-21(27)22(20-23-12-13-24-20,18-8-4-2-5-9-18)19-10-6-3-7-11-19/h2-13H,14-17H2,1H3,(H,23,24). The van der Waals surface area contributed by atoms with Crippen LogP contribution in [0, 0.1) is 0 Å². The summed E-state index contributed by atoms with van der Waals surface area (Å²) < 4.78 is 0. The van der Waals surface area contributed by atoms with Gasteiger partial charge in [-0.05, 0) is 18.2 Å². The molecule has 1 saturated heterocycles. The average molecular weight is 376 g/mol. The topological polar surface area (TPSA) is 61.5 Å². The van der Waals surface area contributed by atoms with Gasteiger partial charge in [0, 0.05) is 38.6 Å². The summed E-state index contributed by atoms with van der Waals surface area (Å²) in [5, 5.41) is 1.76. The number of likely N-dealkylation sites (N-methyl/N-ethyl adjacent to an activating group) is 1. The molecule has 0 spiro atoms. The van der Waals surface area contributed by atoms with Crippen LogP contribution in [0.5, 0.6) is 0 Å². The number of rotatable bonds is 5. The molecule has 0 amide bonds. The van der Waals surface area contributed by atoms with Crippen molar-refractivity contribution in [2.75, 3.05) is 33.2 Å². The van der Waals surface area contributed by atoms with Crippen molar-refractivity contribution < 1.29 is 9.63 Å². The lowest BCUT2D eigenvalue weighted by Gasteiger charge is -2.35. The van der Waals surface area contributed by atoms with Crippen molar-refractivity contribution in [2.24, 2.45) is 0 Å². The maximum atomic E-state index is 13.8. The third-order valence-corrected chi connectivity index (χ3v) is 5.25. The van der Waals surface area contributed by atoms with Crippen molar-refractivity contribution in [3.05, 3.63) is 90.0 Å².